The van der Waals surface area contributed by atoms with Gasteiger partial charge < -0.3 is 19.7 Å². The third-order valence-corrected chi connectivity index (χ3v) is 5.10. The van der Waals surface area contributed by atoms with Crippen molar-refractivity contribution in [1.29, 1.82) is 0 Å². The van der Waals surface area contributed by atoms with Gasteiger partial charge in [-0.15, -0.1) is 0 Å². The Hall–Kier alpha value is -2.53. The molecule has 1 aliphatic heterocycles. The molecule has 1 aliphatic rings. The smallest absolute Gasteiger partial charge is 0.224 e. The molecular formula is C25H36N2O3. The average Bonchev–Trinajstić information content (AvgIpc) is 2.97. The van der Waals surface area contributed by atoms with Crippen LogP contribution >= 0.6 is 0 Å². The average molecular weight is 413 g/mol. The van der Waals surface area contributed by atoms with Crippen LogP contribution in [-0.2, 0) is 17.9 Å². The molecule has 1 atom stereocenters. The number of ether oxygens (including phenoxy) is 2. The van der Waals surface area contributed by atoms with Crippen LogP contribution in [0.3, 0.4) is 0 Å². The minimum absolute atomic E-state index is 0. The van der Waals surface area contributed by atoms with Gasteiger partial charge >= 0.3 is 0 Å². The van der Waals surface area contributed by atoms with Crippen LogP contribution in [-0.4, -0.2) is 36.6 Å². The van der Waals surface area contributed by atoms with E-state index in [1.54, 1.807) is 0 Å². The molecular weight excluding hydrogens is 376 g/mol. The van der Waals surface area contributed by atoms with E-state index in [4.69, 9.17) is 9.47 Å². The molecule has 0 fully saturated rings. The SMILES string of the molecule is CC(C)CN(Cc1ccc2c(c1)OCCCO2)C(=O)CC(C)NCc1ccccc1.[HH]. The zero-order chi connectivity index (χ0) is 21.3. The Morgan fingerprint density at radius 2 is 1.77 bits per heavy atom. The largest absolute Gasteiger partial charge is 0.490 e. The summed E-state index contributed by atoms with van der Waals surface area (Å²) in [5.41, 5.74) is 2.29. The Kier molecular flexibility index (Phi) is 8.14. The summed E-state index contributed by atoms with van der Waals surface area (Å²) in [4.78, 5) is 15.0. The van der Waals surface area contributed by atoms with E-state index in [0.29, 0.717) is 32.1 Å². The van der Waals surface area contributed by atoms with E-state index in [-0.39, 0.29) is 13.4 Å². The third-order valence-electron chi connectivity index (χ3n) is 5.10. The van der Waals surface area contributed by atoms with Crippen LogP contribution in [0, 0.1) is 5.92 Å². The van der Waals surface area contributed by atoms with Gasteiger partial charge in [-0.25, -0.2) is 0 Å². The van der Waals surface area contributed by atoms with Gasteiger partial charge in [0.15, 0.2) is 11.5 Å². The molecule has 2 aromatic carbocycles. The van der Waals surface area contributed by atoms with Crippen molar-refractivity contribution in [2.24, 2.45) is 5.92 Å². The second kappa shape index (κ2) is 11.0. The van der Waals surface area contributed by atoms with Crippen molar-refractivity contribution in [2.75, 3.05) is 19.8 Å². The highest BCUT2D eigenvalue weighted by molar-refractivity contribution is 5.76. The molecule has 164 valence electrons. The fourth-order valence-electron chi connectivity index (χ4n) is 3.57. The predicted molar refractivity (Wildman–Crippen MR) is 122 cm³/mol. The summed E-state index contributed by atoms with van der Waals surface area (Å²) in [6.07, 6.45) is 1.36. The molecule has 1 amide bonds. The van der Waals surface area contributed by atoms with Crippen molar-refractivity contribution < 1.29 is 15.7 Å². The van der Waals surface area contributed by atoms with Gasteiger partial charge in [-0.1, -0.05) is 50.2 Å². The first-order valence-electron chi connectivity index (χ1n) is 10.9. The van der Waals surface area contributed by atoms with Gasteiger partial charge in [0, 0.05) is 39.9 Å². The fourth-order valence-corrected chi connectivity index (χ4v) is 3.57. The number of rotatable bonds is 9. The fraction of sp³-hybridized carbons (Fsp3) is 0.480. The second-order valence-corrected chi connectivity index (χ2v) is 8.47. The quantitative estimate of drug-likeness (QED) is 0.651. The molecule has 0 spiro atoms. The number of hydrogen-bond acceptors (Lipinski definition) is 4. The molecule has 0 bridgehead atoms. The zero-order valence-electron chi connectivity index (χ0n) is 18.4. The lowest BCUT2D eigenvalue weighted by atomic mass is 10.1. The second-order valence-electron chi connectivity index (χ2n) is 8.47. The molecule has 5 nitrogen and oxygen atoms in total. The number of carbonyl (C=O) groups is 1. The maximum atomic E-state index is 13.1. The van der Waals surface area contributed by atoms with Crippen LogP contribution in [0.4, 0.5) is 0 Å². The highest BCUT2D eigenvalue weighted by Crippen LogP contribution is 2.31. The van der Waals surface area contributed by atoms with Gasteiger partial charge in [0.25, 0.3) is 0 Å². The van der Waals surface area contributed by atoms with Crippen molar-refractivity contribution >= 4 is 5.91 Å². The van der Waals surface area contributed by atoms with E-state index < -0.39 is 0 Å². The lowest BCUT2D eigenvalue weighted by molar-refractivity contribution is -0.132. The molecule has 0 saturated heterocycles. The number of nitrogens with zero attached hydrogens (tertiary/aromatic N) is 1. The van der Waals surface area contributed by atoms with Crippen LogP contribution in [0.25, 0.3) is 0 Å². The van der Waals surface area contributed by atoms with Crippen molar-refractivity contribution in [3.63, 3.8) is 0 Å². The minimum Gasteiger partial charge on any atom is -0.490 e. The molecule has 0 aromatic heterocycles. The number of carbonyl (C=O) groups excluding carboxylic acids is 1. The predicted octanol–water partition coefficient (Wildman–Crippen LogP) is 4.65. The highest BCUT2D eigenvalue weighted by Gasteiger charge is 2.19. The monoisotopic (exact) mass is 412 g/mol. The summed E-state index contributed by atoms with van der Waals surface area (Å²) in [5, 5.41) is 3.47. The summed E-state index contributed by atoms with van der Waals surface area (Å²) < 4.78 is 11.5. The van der Waals surface area contributed by atoms with Crippen LogP contribution in [0.15, 0.2) is 48.5 Å². The lowest BCUT2D eigenvalue weighted by Gasteiger charge is -2.27. The molecule has 0 radical (unpaired) electrons. The number of benzene rings is 2. The lowest BCUT2D eigenvalue weighted by Crippen LogP contribution is -2.38. The van der Waals surface area contributed by atoms with E-state index in [1.165, 1.54) is 5.56 Å². The normalized spacial score (nSPS) is 14.3. The van der Waals surface area contributed by atoms with E-state index in [2.05, 4.69) is 38.2 Å². The van der Waals surface area contributed by atoms with Gasteiger partial charge in [-0.2, -0.15) is 0 Å². The van der Waals surface area contributed by atoms with Crippen molar-refractivity contribution in [2.45, 2.75) is 52.7 Å². The number of hydrogen-bond donors (Lipinski definition) is 1. The van der Waals surface area contributed by atoms with Crippen LogP contribution in [0.5, 0.6) is 11.5 Å². The molecule has 0 aliphatic carbocycles. The molecule has 5 heteroatoms. The van der Waals surface area contributed by atoms with Gasteiger partial charge in [0.1, 0.15) is 0 Å². The third kappa shape index (κ3) is 6.77. The Morgan fingerprint density at radius 3 is 2.50 bits per heavy atom. The molecule has 0 saturated carbocycles. The number of amides is 1. The first kappa shape index (κ1) is 22.2. The number of nitrogens with one attached hydrogen (secondary N) is 1. The Bertz CT molecular complexity index is 814. The minimum atomic E-state index is 0. The van der Waals surface area contributed by atoms with E-state index in [1.807, 2.05) is 41.3 Å². The van der Waals surface area contributed by atoms with E-state index in [0.717, 1.165) is 36.6 Å². The standard InChI is InChI=1S/C25H34N2O3.H2/c1-19(2)17-27(18-22-10-11-23-24(15-22)30-13-7-12-29-23)25(28)14-20(3)26-16-21-8-5-4-6-9-21;/h4-6,8-11,15,19-20,26H,7,12-14,16-18H2,1-3H3;1H. The summed E-state index contributed by atoms with van der Waals surface area (Å²) >= 11 is 0. The molecule has 3 rings (SSSR count). The summed E-state index contributed by atoms with van der Waals surface area (Å²) in [6, 6.07) is 16.4. The summed E-state index contributed by atoms with van der Waals surface area (Å²) in [7, 11) is 0. The maximum Gasteiger partial charge on any atom is 0.224 e. The Labute approximate surface area is 181 Å². The number of fused-ring (bicyclic) bond motifs is 1. The first-order valence-corrected chi connectivity index (χ1v) is 10.9. The van der Waals surface area contributed by atoms with Crippen molar-refractivity contribution in [3.8, 4) is 11.5 Å². The van der Waals surface area contributed by atoms with Gasteiger partial charge in [-0.05, 0) is 36.1 Å². The van der Waals surface area contributed by atoms with Crippen LogP contribution in [0.1, 0.15) is 46.2 Å². The van der Waals surface area contributed by atoms with Gasteiger partial charge in [-0.3, -0.25) is 4.79 Å². The zero-order valence-corrected chi connectivity index (χ0v) is 18.4. The summed E-state index contributed by atoms with van der Waals surface area (Å²) in [6.45, 7) is 9.78. The van der Waals surface area contributed by atoms with E-state index in [9.17, 15) is 4.79 Å². The topological polar surface area (TPSA) is 50.8 Å². The van der Waals surface area contributed by atoms with E-state index >= 15 is 0 Å². The molecule has 1 unspecified atom stereocenters. The van der Waals surface area contributed by atoms with Crippen molar-refractivity contribution in [3.05, 3.63) is 59.7 Å². The highest BCUT2D eigenvalue weighted by atomic mass is 16.5. The molecule has 1 N–H and O–H groups in total. The molecule has 1 heterocycles. The van der Waals surface area contributed by atoms with Gasteiger partial charge in [0.05, 0.1) is 13.2 Å². The molecule has 2 aromatic rings. The Balaban J connectivity index is 0.00000341. The summed E-state index contributed by atoms with van der Waals surface area (Å²) in [5.74, 6) is 2.14. The molecule has 30 heavy (non-hydrogen) atoms. The first-order chi connectivity index (χ1) is 14.5. The van der Waals surface area contributed by atoms with Crippen molar-refractivity contribution in [1.82, 2.24) is 10.2 Å². The van der Waals surface area contributed by atoms with Gasteiger partial charge in [0.2, 0.25) is 5.91 Å². The van der Waals surface area contributed by atoms with Crippen LogP contribution < -0.4 is 14.8 Å². The Morgan fingerprint density at radius 1 is 1.03 bits per heavy atom. The maximum absolute atomic E-state index is 13.1. The van der Waals surface area contributed by atoms with Crippen LogP contribution in [0.2, 0.25) is 0 Å².